The van der Waals surface area contributed by atoms with E-state index in [4.69, 9.17) is 9.47 Å². The molecule has 35 heavy (non-hydrogen) atoms. The summed E-state index contributed by atoms with van der Waals surface area (Å²) >= 11 is 3.38. The van der Waals surface area contributed by atoms with Gasteiger partial charge >= 0.3 is 0 Å². The van der Waals surface area contributed by atoms with Crippen LogP contribution in [0.4, 0.5) is 14.5 Å². The van der Waals surface area contributed by atoms with E-state index in [1.807, 2.05) is 13.0 Å². The van der Waals surface area contributed by atoms with Crippen LogP contribution in [0.2, 0.25) is 0 Å². The van der Waals surface area contributed by atoms with Gasteiger partial charge in [0.05, 0.1) is 21.3 Å². The van der Waals surface area contributed by atoms with E-state index < -0.39 is 0 Å². The number of carbonyl (C=O) groups excluding carboxylic acids is 1. The monoisotopic (exact) mass is 606 g/mol. The molecule has 0 aromatic heterocycles. The number of methoxy groups -OCH3 is 1. The summed E-state index contributed by atoms with van der Waals surface area (Å²) in [5.74, 6) is 0.132. The lowest BCUT2D eigenvalue weighted by atomic mass is 10.1. The van der Waals surface area contributed by atoms with Gasteiger partial charge in [-0.15, -0.1) is 0 Å². The van der Waals surface area contributed by atoms with Crippen molar-refractivity contribution in [2.45, 2.75) is 13.5 Å². The minimum Gasteiger partial charge on any atom is -0.493 e. The number of thioether (sulfide) groups is 1. The van der Waals surface area contributed by atoms with E-state index in [2.05, 4.69) is 27.6 Å². The standard InChI is InChI=1S/C26H21F2IN2O3S/c1-3-31-25(32)23(35-26(31)30-19-10-8-18(27)9-11-19)14-16-12-21(29)24(22(13-16)33-2)34-15-17-6-4-5-7-20(17)28/h4-14H,3,15H2,1-2H3/b23-14+,30-26?. The SMILES string of the molecule is CCN1C(=O)/C(=C\c2cc(I)c(OCc3ccccc3F)c(OC)c2)SC1=Nc1ccc(F)cc1. The van der Waals surface area contributed by atoms with Crippen LogP contribution in [0.5, 0.6) is 11.5 Å². The highest BCUT2D eigenvalue weighted by molar-refractivity contribution is 14.1. The third-order valence-corrected chi connectivity index (χ3v) is 6.94. The topological polar surface area (TPSA) is 51.1 Å². The van der Waals surface area contributed by atoms with Crippen LogP contribution in [0.3, 0.4) is 0 Å². The van der Waals surface area contributed by atoms with Gasteiger partial charge in [0.1, 0.15) is 18.2 Å². The van der Waals surface area contributed by atoms with Crippen LogP contribution >= 0.6 is 34.4 Å². The fourth-order valence-corrected chi connectivity index (χ4v) is 5.22. The van der Waals surface area contributed by atoms with Crippen LogP contribution in [-0.2, 0) is 11.4 Å². The number of benzene rings is 3. The summed E-state index contributed by atoms with van der Waals surface area (Å²) in [6.45, 7) is 2.38. The fraction of sp³-hybridized carbons (Fsp3) is 0.154. The molecule has 9 heteroatoms. The molecular formula is C26H21F2IN2O3S. The van der Waals surface area contributed by atoms with Crippen LogP contribution in [0.15, 0.2) is 70.6 Å². The molecule has 5 nitrogen and oxygen atoms in total. The van der Waals surface area contributed by atoms with Crippen molar-refractivity contribution >= 4 is 57.2 Å². The lowest BCUT2D eigenvalue weighted by Crippen LogP contribution is -2.28. The van der Waals surface area contributed by atoms with Crippen LogP contribution in [0.1, 0.15) is 18.1 Å². The van der Waals surface area contributed by atoms with Gasteiger partial charge in [-0.05, 0) is 95.4 Å². The molecule has 3 aromatic rings. The molecule has 1 saturated heterocycles. The quantitative estimate of drug-likeness (QED) is 0.220. The van der Waals surface area contributed by atoms with Crippen molar-refractivity contribution in [3.63, 3.8) is 0 Å². The van der Waals surface area contributed by atoms with Gasteiger partial charge in [0.25, 0.3) is 5.91 Å². The molecule has 0 bridgehead atoms. The second-order valence-electron chi connectivity index (χ2n) is 7.45. The zero-order valence-electron chi connectivity index (χ0n) is 18.9. The maximum absolute atomic E-state index is 14.0. The van der Waals surface area contributed by atoms with Crippen molar-refractivity contribution < 1.29 is 23.0 Å². The van der Waals surface area contributed by atoms with E-state index in [1.54, 1.807) is 47.4 Å². The lowest BCUT2D eigenvalue weighted by molar-refractivity contribution is -0.122. The van der Waals surface area contributed by atoms with E-state index in [-0.39, 0.29) is 24.1 Å². The number of halogens is 3. The minimum absolute atomic E-state index is 0.0580. The molecule has 0 radical (unpaired) electrons. The molecule has 0 atom stereocenters. The van der Waals surface area contributed by atoms with Gasteiger partial charge in [-0.2, -0.15) is 0 Å². The highest BCUT2D eigenvalue weighted by Crippen LogP contribution is 2.38. The Morgan fingerprint density at radius 3 is 2.54 bits per heavy atom. The molecule has 0 N–H and O–H groups in total. The Morgan fingerprint density at radius 1 is 1.11 bits per heavy atom. The first-order valence-electron chi connectivity index (χ1n) is 10.7. The smallest absolute Gasteiger partial charge is 0.266 e. The van der Waals surface area contributed by atoms with Crippen LogP contribution in [-0.4, -0.2) is 29.6 Å². The van der Waals surface area contributed by atoms with Gasteiger partial charge in [-0.1, -0.05) is 18.2 Å². The Hall–Kier alpha value is -2.92. The van der Waals surface area contributed by atoms with Crippen LogP contribution in [0, 0.1) is 15.2 Å². The maximum atomic E-state index is 14.0. The van der Waals surface area contributed by atoms with Crippen LogP contribution in [0.25, 0.3) is 6.08 Å². The summed E-state index contributed by atoms with van der Waals surface area (Å²) < 4.78 is 39.3. The summed E-state index contributed by atoms with van der Waals surface area (Å²) in [7, 11) is 1.53. The molecule has 1 heterocycles. The highest BCUT2D eigenvalue weighted by Gasteiger charge is 2.32. The zero-order chi connectivity index (χ0) is 24.9. The first-order chi connectivity index (χ1) is 16.9. The van der Waals surface area contributed by atoms with E-state index in [0.29, 0.717) is 39.4 Å². The molecule has 4 rings (SSSR count). The second kappa shape index (κ2) is 11.2. The molecule has 0 aliphatic carbocycles. The van der Waals surface area contributed by atoms with Gasteiger partial charge in [0.15, 0.2) is 16.7 Å². The van der Waals surface area contributed by atoms with E-state index in [1.165, 1.54) is 37.1 Å². The minimum atomic E-state index is -0.345. The number of amidine groups is 1. The Morgan fingerprint density at radius 2 is 1.86 bits per heavy atom. The average Bonchev–Trinajstić information content (AvgIpc) is 3.14. The Balaban J connectivity index is 1.59. The number of ether oxygens (including phenoxy) is 2. The first kappa shape index (κ1) is 25.2. The van der Waals surface area contributed by atoms with E-state index >= 15 is 0 Å². The average molecular weight is 606 g/mol. The number of hydrogen-bond donors (Lipinski definition) is 0. The summed E-state index contributed by atoms with van der Waals surface area (Å²) in [5, 5.41) is 0.530. The Labute approximate surface area is 220 Å². The largest absolute Gasteiger partial charge is 0.493 e. The third-order valence-electron chi connectivity index (χ3n) is 5.14. The van der Waals surface area contributed by atoms with Crippen molar-refractivity contribution in [2.24, 2.45) is 4.99 Å². The summed E-state index contributed by atoms with van der Waals surface area (Å²) in [4.78, 5) is 19.6. The van der Waals surface area contributed by atoms with Gasteiger partial charge in [0.2, 0.25) is 0 Å². The molecule has 1 aliphatic rings. The molecule has 0 saturated carbocycles. The van der Waals surface area contributed by atoms with Gasteiger partial charge < -0.3 is 9.47 Å². The number of hydrogen-bond acceptors (Lipinski definition) is 5. The Bertz CT molecular complexity index is 1310. The number of rotatable bonds is 7. The highest BCUT2D eigenvalue weighted by atomic mass is 127. The van der Waals surface area contributed by atoms with Gasteiger partial charge in [-0.3, -0.25) is 9.69 Å². The molecular weight excluding hydrogens is 585 g/mol. The van der Waals surface area contributed by atoms with Gasteiger partial charge in [-0.25, -0.2) is 13.8 Å². The predicted molar refractivity (Wildman–Crippen MR) is 143 cm³/mol. The molecule has 1 fully saturated rings. The maximum Gasteiger partial charge on any atom is 0.266 e. The third kappa shape index (κ3) is 5.84. The number of amides is 1. The summed E-state index contributed by atoms with van der Waals surface area (Å²) in [5.41, 5.74) is 1.76. The Kier molecular flexibility index (Phi) is 8.07. The molecule has 1 aliphatic heterocycles. The summed E-state index contributed by atoms with van der Waals surface area (Å²) in [6.07, 6.45) is 1.77. The van der Waals surface area contributed by atoms with Crippen molar-refractivity contribution in [1.29, 1.82) is 0 Å². The number of likely N-dealkylation sites (N-methyl/N-ethyl adjacent to an activating group) is 1. The molecule has 0 spiro atoms. The van der Waals surface area contributed by atoms with Crippen molar-refractivity contribution in [1.82, 2.24) is 4.90 Å². The molecule has 3 aromatic carbocycles. The van der Waals surface area contributed by atoms with E-state index in [9.17, 15) is 13.6 Å². The second-order valence-corrected chi connectivity index (χ2v) is 9.62. The number of carbonyl (C=O) groups is 1. The predicted octanol–water partition coefficient (Wildman–Crippen LogP) is 6.78. The van der Waals surface area contributed by atoms with Crippen molar-refractivity contribution in [3.05, 3.63) is 91.9 Å². The zero-order valence-corrected chi connectivity index (χ0v) is 21.9. The molecule has 0 unspecified atom stereocenters. The summed E-state index contributed by atoms with van der Waals surface area (Å²) in [6, 6.07) is 15.9. The molecule has 1 amide bonds. The van der Waals surface area contributed by atoms with Crippen molar-refractivity contribution in [2.75, 3.05) is 13.7 Å². The first-order valence-corrected chi connectivity index (χ1v) is 12.6. The lowest BCUT2D eigenvalue weighted by Gasteiger charge is -2.14. The van der Waals surface area contributed by atoms with E-state index in [0.717, 1.165) is 9.13 Å². The normalized spacial score (nSPS) is 15.8. The number of aliphatic imine (C=N–C) groups is 1. The van der Waals surface area contributed by atoms with Crippen molar-refractivity contribution in [3.8, 4) is 11.5 Å². The molecule has 180 valence electrons. The van der Waals surface area contributed by atoms with Gasteiger partial charge in [0, 0.05) is 12.1 Å². The van der Waals surface area contributed by atoms with Crippen LogP contribution < -0.4 is 9.47 Å². The fourth-order valence-electron chi connectivity index (χ4n) is 3.38. The number of nitrogens with zero attached hydrogens (tertiary/aromatic N) is 2.